The quantitative estimate of drug-likeness (QED) is 0.398. The second kappa shape index (κ2) is 12.7. The van der Waals surface area contributed by atoms with E-state index in [2.05, 4.69) is 42.8 Å². The van der Waals surface area contributed by atoms with Crippen molar-refractivity contribution in [2.24, 2.45) is 35.5 Å². The van der Waals surface area contributed by atoms with E-state index in [-0.39, 0.29) is 0 Å². The standard InChI is InChI=1S/C28H45N/c1-3-5-6-7-23-8-10-24(11-9-23)12-13-26-15-17-28(27(4-2)22-26)16-14-25-18-20-29-21-19-25/h23-29H,3-11,15,17-22H2,1-2H3. The van der Waals surface area contributed by atoms with E-state index in [1.807, 2.05) is 0 Å². The van der Waals surface area contributed by atoms with Gasteiger partial charge in [-0.2, -0.15) is 0 Å². The van der Waals surface area contributed by atoms with Gasteiger partial charge >= 0.3 is 0 Å². The highest BCUT2D eigenvalue weighted by Gasteiger charge is 2.28. The molecule has 3 atom stereocenters. The van der Waals surface area contributed by atoms with Crippen LogP contribution in [0.2, 0.25) is 0 Å². The lowest BCUT2D eigenvalue weighted by molar-refractivity contribution is 0.247. The van der Waals surface area contributed by atoms with Crippen molar-refractivity contribution in [3.05, 3.63) is 0 Å². The van der Waals surface area contributed by atoms with Crippen LogP contribution in [0.1, 0.15) is 104 Å². The minimum atomic E-state index is 0.631. The molecule has 1 heterocycles. The predicted octanol–water partition coefficient (Wildman–Crippen LogP) is 6.82. The van der Waals surface area contributed by atoms with Gasteiger partial charge in [0.15, 0.2) is 0 Å². The normalized spacial score (nSPS) is 33.2. The van der Waals surface area contributed by atoms with Crippen LogP contribution in [0.3, 0.4) is 0 Å². The molecule has 0 aromatic rings. The Morgan fingerprint density at radius 3 is 2.07 bits per heavy atom. The van der Waals surface area contributed by atoms with Gasteiger partial charge in [0.25, 0.3) is 0 Å². The first-order valence-corrected chi connectivity index (χ1v) is 13.0. The SMILES string of the molecule is CCCCCC1CCC(C#CC2CCC(C#CC3CCNCC3)C(CC)C2)CC1. The van der Waals surface area contributed by atoms with E-state index in [0.29, 0.717) is 23.7 Å². The molecule has 1 N–H and O–H groups in total. The zero-order valence-electron chi connectivity index (χ0n) is 19.3. The van der Waals surface area contributed by atoms with Crippen LogP contribution < -0.4 is 5.32 Å². The number of hydrogen-bond donors (Lipinski definition) is 1. The summed E-state index contributed by atoms with van der Waals surface area (Å²) in [7, 11) is 0. The molecule has 0 radical (unpaired) electrons. The lowest BCUT2D eigenvalue weighted by Crippen LogP contribution is -2.27. The van der Waals surface area contributed by atoms with Gasteiger partial charge in [-0.25, -0.2) is 0 Å². The van der Waals surface area contributed by atoms with E-state index in [1.54, 1.807) is 0 Å². The Bertz CT molecular complexity index is 571. The van der Waals surface area contributed by atoms with E-state index >= 15 is 0 Å². The molecule has 3 unspecified atom stereocenters. The molecule has 29 heavy (non-hydrogen) atoms. The number of piperidine rings is 1. The highest BCUT2D eigenvalue weighted by atomic mass is 14.9. The molecule has 162 valence electrons. The Morgan fingerprint density at radius 1 is 0.690 bits per heavy atom. The number of rotatable bonds is 5. The maximum atomic E-state index is 3.74. The van der Waals surface area contributed by atoms with Crippen LogP contribution in [-0.4, -0.2) is 13.1 Å². The number of unbranched alkanes of at least 4 members (excludes halogenated alkanes) is 2. The number of nitrogens with one attached hydrogen (secondary N) is 1. The molecule has 2 saturated carbocycles. The van der Waals surface area contributed by atoms with Crippen LogP contribution in [0.15, 0.2) is 0 Å². The summed E-state index contributed by atoms with van der Waals surface area (Å²) in [6.45, 7) is 6.97. The summed E-state index contributed by atoms with van der Waals surface area (Å²) < 4.78 is 0. The molecule has 0 spiro atoms. The van der Waals surface area contributed by atoms with E-state index < -0.39 is 0 Å². The summed E-state index contributed by atoms with van der Waals surface area (Å²) in [5.41, 5.74) is 0. The zero-order chi connectivity index (χ0) is 20.3. The van der Waals surface area contributed by atoms with E-state index in [9.17, 15) is 0 Å². The molecule has 0 amide bonds. The van der Waals surface area contributed by atoms with Crippen LogP contribution in [0, 0.1) is 59.2 Å². The zero-order valence-corrected chi connectivity index (χ0v) is 19.3. The van der Waals surface area contributed by atoms with Gasteiger partial charge in [-0.1, -0.05) is 69.6 Å². The molecule has 1 saturated heterocycles. The van der Waals surface area contributed by atoms with Gasteiger partial charge in [-0.15, -0.1) is 0 Å². The van der Waals surface area contributed by atoms with Crippen molar-refractivity contribution in [1.82, 2.24) is 5.32 Å². The Labute approximate surface area is 181 Å². The second-order valence-corrected chi connectivity index (χ2v) is 10.1. The Morgan fingerprint density at radius 2 is 1.34 bits per heavy atom. The first kappa shape index (κ1) is 22.8. The summed E-state index contributed by atoms with van der Waals surface area (Å²) in [5.74, 6) is 19.2. The molecule has 0 bridgehead atoms. The third-order valence-corrected chi connectivity index (χ3v) is 7.87. The topological polar surface area (TPSA) is 12.0 Å². The van der Waals surface area contributed by atoms with Crippen molar-refractivity contribution in [2.75, 3.05) is 13.1 Å². The lowest BCUT2D eigenvalue weighted by Gasteiger charge is -2.31. The van der Waals surface area contributed by atoms with Gasteiger partial charge in [-0.05, 0) is 82.7 Å². The maximum Gasteiger partial charge on any atom is 0.0232 e. The van der Waals surface area contributed by atoms with Crippen molar-refractivity contribution >= 4 is 0 Å². The predicted molar refractivity (Wildman–Crippen MR) is 125 cm³/mol. The molecule has 3 rings (SSSR count). The summed E-state index contributed by atoms with van der Waals surface area (Å²) in [4.78, 5) is 0. The van der Waals surface area contributed by atoms with Crippen LogP contribution in [0.5, 0.6) is 0 Å². The van der Waals surface area contributed by atoms with Crippen molar-refractivity contribution in [3.8, 4) is 23.7 Å². The van der Waals surface area contributed by atoms with E-state index in [0.717, 1.165) is 24.9 Å². The van der Waals surface area contributed by atoms with Crippen LogP contribution in [0.4, 0.5) is 0 Å². The molecule has 3 fully saturated rings. The first-order chi connectivity index (χ1) is 14.3. The van der Waals surface area contributed by atoms with E-state index in [1.165, 1.54) is 89.9 Å². The molecule has 0 aromatic carbocycles. The fraction of sp³-hybridized carbons (Fsp3) is 0.857. The fourth-order valence-electron chi connectivity index (χ4n) is 5.74. The fourth-order valence-corrected chi connectivity index (χ4v) is 5.74. The Balaban J connectivity index is 1.42. The summed E-state index contributed by atoms with van der Waals surface area (Å²) in [6, 6.07) is 0. The lowest BCUT2D eigenvalue weighted by atomic mass is 9.73. The van der Waals surface area contributed by atoms with Crippen molar-refractivity contribution in [2.45, 2.75) is 104 Å². The molecule has 0 aromatic heterocycles. The largest absolute Gasteiger partial charge is 0.317 e. The molecule has 3 aliphatic rings. The molecule has 2 aliphatic carbocycles. The van der Waals surface area contributed by atoms with Gasteiger partial charge in [0, 0.05) is 23.7 Å². The van der Waals surface area contributed by atoms with Crippen LogP contribution in [0.25, 0.3) is 0 Å². The molecular formula is C28H45N. The van der Waals surface area contributed by atoms with Gasteiger partial charge < -0.3 is 5.32 Å². The highest BCUT2D eigenvalue weighted by Crippen LogP contribution is 2.36. The van der Waals surface area contributed by atoms with Crippen molar-refractivity contribution < 1.29 is 0 Å². The molecule has 1 heteroatoms. The van der Waals surface area contributed by atoms with Gasteiger partial charge in [0.05, 0.1) is 0 Å². The molecular weight excluding hydrogens is 350 g/mol. The van der Waals surface area contributed by atoms with Gasteiger partial charge in [0.1, 0.15) is 0 Å². The minimum Gasteiger partial charge on any atom is -0.317 e. The highest BCUT2D eigenvalue weighted by molar-refractivity contribution is 5.14. The van der Waals surface area contributed by atoms with Gasteiger partial charge in [-0.3, -0.25) is 0 Å². The monoisotopic (exact) mass is 395 g/mol. The average Bonchev–Trinajstić information content (AvgIpc) is 2.78. The van der Waals surface area contributed by atoms with Crippen molar-refractivity contribution in [1.29, 1.82) is 0 Å². The van der Waals surface area contributed by atoms with Crippen LogP contribution in [-0.2, 0) is 0 Å². The summed E-state index contributed by atoms with van der Waals surface area (Å²) in [5, 5.41) is 3.45. The Kier molecular flexibility index (Phi) is 9.97. The summed E-state index contributed by atoms with van der Waals surface area (Å²) in [6.07, 6.45) is 18.9. The Hall–Kier alpha value is -0.920. The minimum absolute atomic E-state index is 0.631. The molecule has 1 aliphatic heterocycles. The first-order valence-electron chi connectivity index (χ1n) is 13.0. The average molecular weight is 396 g/mol. The van der Waals surface area contributed by atoms with Crippen LogP contribution >= 0.6 is 0 Å². The third-order valence-electron chi connectivity index (χ3n) is 7.87. The second-order valence-electron chi connectivity index (χ2n) is 10.1. The van der Waals surface area contributed by atoms with Gasteiger partial charge in [0.2, 0.25) is 0 Å². The smallest absolute Gasteiger partial charge is 0.0232 e. The molecule has 1 nitrogen and oxygen atoms in total. The van der Waals surface area contributed by atoms with E-state index in [4.69, 9.17) is 0 Å². The third kappa shape index (κ3) is 7.68. The maximum absolute atomic E-state index is 3.74. The number of hydrogen-bond acceptors (Lipinski definition) is 1. The van der Waals surface area contributed by atoms with Crippen molar-refractivity contribution in [3.63, 3.8) is 0 Å². The summed E-state index contributed by atoms with van der Waals surface area (Å²) >= 11 is 0.